The smallest absolute Gasteiger partial charge is 0.0994 e. The molecule has 2 rings (SSSR count). The summed E-state index contributed by atoms with van der Waals surface area (Å²) < 4.78 is 5.69. The molecule has 1 saturated carbocycles. The zero-order valence-corrected chi connectivity index (χ0v) is 10.6. The van der Waals surface area contributed by atoms with Gasteiger partial charge in [0.15, 0.2) is 0 Å². The van der Waals surface area contributed by atoms with Crippen molar-refractivity contribution in [3.63, 3.8) is 0 Å². The van der Waals surface area contributed by atoms with Crippen molar-refractivity contribution in [2.75, 3.05) is 6.61 Å². The Morgan fingerprint density at radius 3 is 2.67 bits per heavy atom. The van der Waals surface area contributed by atoms with Gasteiger partial charge < -0.3 is 4.74 Å². The van der Waals surface area contributed by atoms with Crippen LogP contribution >= 0.6 is 0 Å². The molecule has 0 saturated heterocycles. The van der Waals surface area contributed by atoms with Gasteiger partial charge in [-0.15, -0.1) is 6.58 Å². The molecule has 1 aliphatic rings. The molecule has 0 aromatic heterocycles. The fraction of sp³-hybridized carbons (Fsp3) is 0.438. The van der Waals surface area contributed by atoms with Gasteiger partial charge in [0, 0.05) is 0 Å². The first-order chi connectivity index (χ1) is 8.85. The van der Waals surface area contributed by atoms with Crippen LogP contribution in [-0.4, -0.2) is 12.7 Å². The Kier molecular flexibility index (Phi) is 4.55. The standard InChI is InChI=1S/C16H19NO/c1-2-11-18-15-9-7-13(8-10-15)16-6-4-3-5-14(16)12-17/h2-6,13,15H,1,7-11H2. The van der Waals surface area contributed by atoms with E-state index in [1.165, 1.54) is 5.56 Å². The quantitative estimate of drug-likeness (QED) is 0.751. The van der Waals surface area contributed by atoms with Crippen molar-refractivity contribution in [2.45, 2.75) is 37.7 Å². The molecule has 0 amide bonds. The predicted molar refractivity (Wildman–Crippen MR) is 72.3 cm³/mol. The summed E-state index contributed by atoms with van der Waals surface area (Å²) in [6, 6.07) is 10.3. The Balaban J connectivity index is 1.97. The first kappa shape index (κ1) is 12.9. The van der Waals surface area contributed by atoms with Crippen LogP contribution in [0.15, 0.2) is 36.9 Å². The average Bonchev–Trinajstić information content (AvgIpc) is 2.45. The van der Waals surface area contributed by atoms with E-state index in [2.05, 4.69) is 18.7 Å². The maximum absolute atomic E-state index is 9.13. The van der Waals surface area contributed by atoms with Gasteiger partial charge in [0.1, 0.15) is 0 Å². The zero-order chi connectivity index (χ0) is 12.8. The number of hydrogen-bond acceptors (Lipinski definition) is 2. The molecule has 0 N–H and O–H groups in total. The fourth-order valence-electron chi connectivity index (χ4n) is 2.70. The molecule has 1 aromatic carbocycles. The lowest BCUT2D eigenvalue weighted by Crippen LogP contribution is -2.21. The summed E-state index contributed by atoms with van der Waals surface area (Å²) in [6.07, 6.45) is 6.56. The van der Waals surface area contributed by atoms with E-state index in [0.717, 1.165) is 31.2 Å². The third kappa shape index (κ3) is 3.00. The summed E-state index contributed by atoms with van der Waals surface area (Å²) in [7, 11) is 0. The maximum atomic E-state index is 9.13. The zero-order valence-electron chi connectivity index (χ0n) is 10.6. The highest BCUT2D eigenvalue weighted by Gasteiger charge is 2.23. The molecule has 2 nitrogen and oxygen atoms in total. The van der Waals surface area contributed by atoms with Crippen molar-refractivity contribution in [1.82, 2.24) is 0 Å². The van der Waals surface area contributed by atoms with Crippen LogP contribution in [0.2, 0.25) is 0 Å². The van der Waals surface area contributed by atoms with Crippen LogP contribution in [0.25, 0.3) is 0 Å². The molecule has 18 heavy (non-hydrogen) atoms. The van der Waals surface area contributed by atoms with Gasteiger partial charge >= 0.3 is 0 Å². The molecular formula is C16H19NO. The molecule has 0 heterocycles. The molecule has 0 spiro atoms. The van der Waals surface area contributed by atoms with Crippen molar-refractivity contribution in [1.29, 1.82) is 5.26 Å². The van der Waals surface area contributed by atoms with Gasteiger partial charge in [-0.2, -0.15) is 5.26 Å². The summed E-state index contributed by atoms with van der Waals surface area (Å²) in [5, 5.41) is 9.13. The number of nitriles is 1. The van der Waals surface area contributed by atoms with Crippen molar-refractivity contribution >= 4 is 0 Å². The van der Waals surface area contributed by atoms with E-state index >= 15 is 0 Å². The molecule has 0 atom stereocenters. The highest BCUT2D eigenvalue weighted by atomic mass is 16.5. The first-order valence-corrected chi connectivity index (χ1v) is 6.56. The maximum Gasteiger partial charge on any atom is 0.0994 e. The minimum atomic E-state index is 0.369. The summed E-state index contributed by atoms with van der Waals surface area (Å²) in [4.78, 5) is 0. The highest BCUT2D eigenvalue weighted by Crippen LogP contribution is 2.35. The van der Waals surface area contributed by atoms with E-state index in [0.29, 0.717) is 18.6 Å². The lowest BCUT2D eigenvalue weighted by atomic mass is 9.81. The Morgan fingerprint density at radius 2 is 2.00 bits per heavy atom. The van der Waals surface area contributed by atoms with Crippen LogP contribution in [0.1, 0.15) is 42.7 Å². The van der Waals surface area contributed by atoms with Crippen LogP contribution in [-0.2, 0) is 4.74 Å². The Hall–Kier alpha value is -1.59. The van der Waals surface area contributed by atoms with Crippen molar-refractivity contribution in [3.05, 3.63) is 48.0 Å². The van der Waals surface area contributed by atoms with E-state index in [4.69, 9.17) is 10.00 Å². The van der Waals surface area contributed by atoms with E-state index in [-0.39, 0.29) is 0 Å². The molecule has 94 valence electrons. The molecule has 1 aliphatic carbocycles. The Morgan fingerprint density at radius 1 is 1.28 bits per heavy atom. The fourth-order valence-corrected chi connectivity index (χ4v) is 2.70. The van der Waals surface area contributed by atoms with Crippen molar-refractivity contribution in [3.8, 4) is 6.07 Å². The molecule has 1 fully saturated rings. The summed E-state index contributed by atoms with van der Waals surface area (Å²) in [6.45, 7) is 4.31. The van der Waals surface area contributed by atoms with Gasteiger partial charge in [-0.3, -0.25) is 0 Å². The normalized spacial score (nSPS) is 23.3. The lowest BCUT2D eigenvalue weighted by Gasteiger charge is -2.29. The molecule has 0 radical (unpaired) electrons. The second-order valence-corrected chi connectivity index (χ2v) is 4.79. The van der Waals surface area contributed by atoms with Crippen LogP contribution in [0.3, 0.4) is 0 Å². The third-order valence-electron chi connectivity index (χ3n) is 3.65. The number of rotatable bonds is 4. The van der Waals surface area contributed by atoms with Gasteiger partial charge in [-0.1, -0.05) is 24.3 Å². The monoisotopic (exact) mass is 241 g/mol. The first-order valence-electron chi connectivity index (χ1n) is 6.56. The summed E-state index contributed by atoms with van der Waals surface area (Å²) in [5.41, 5.74) is 2.04. The largest absolute Gasteiger partial charge is 0.374 e. The summed E-state index contributed by atoms with van der Waals surface area (Å²) in [5.74, 6) is 0.518. The SMILES string of the molecule is C=CCOC1CCC(c2ccccc2C#N)CC1. The predicted octanol–water partition coefficient (Wildman–Crippen LogP) is 3.79. The van der Waals surface area contributed by atoms with Crippen LogP contribution < -0.4 is 0 Å². The van der Waals surface area contributed by atoms with Gasteiger partial charge in [0.2, 0.25) is 0 Å². The second-order valence-electron chi connectivity index (χ2n) is 4.79. The number of nitrogens with zero attached hydrogens (tertiary/aromatic N) is 1. The van der Waals surface area contributed by atoms with Crippen LogP contribution in [0.5, 0.6) is 0 Å². The van der Waals surface area contributed by atoms with Crippen LogP contribution in [0.4, 0.5) is 0 Å². The third-order valence-corrected chi connectivity index (χ3v) is 3.65. The lowest BCUT2D eigenvalue weighted by molar-refractivity contribution is 0.0423. The van der Waals surface area contributed by atoms with E-state index < -0.39 is 0 Å². The Bertz CT molecular complexity index is 439. The second kappa shape index (κ2) is 6.37. The number of hydrogen-bond donors (Lipinski definition) is 0. The minimum absolute atomic E-state index is 0.369. The average molecular weight is 241 g/mol. The van der Waals surface area contributed by atoms with Gasteiger partial charge in [0.05, 0.1) is 24.3 Å². The van der Waals surface area contributed by atoms with E-state index in [1.54, 1.807) is 6.08 Å². The molecule has 0 bridgehead atoms. The van der Waals surface area contributed by atoms with Gasteiger partial charge in [0.25, 0.3) is 0 Å². The summed E-state index contributed by atoms with van der Waals surface area (Å²) >= 11 is 0. The molecular weight excluding hydrogens is 222 g/mol. The van der Waals surface area contributed by atoms with E-state index in [9.17, 15) is 0 Å². The van der Waals surface area contributed by atoms with Crippen LogP contribution in [0, 0.1) is 11.3 Å². The Labute approximate surface area is 109 Å². The highest BCUT2D eigenvalue weighted by molar-refractivity contribution is 5.39. The molecule has 1 aromatic rings. The topological polar surface area (TPSA) is 33.0 Å². The molecule has 0 aliphatic heterocycles. The van der Waals surface area contributed by atoms with Crippen molar-refractivity contribution in [2.24, 2.45) is 0 Å². The number of benzene rings is 1. The number of ether oxygens (including phenoxy) is 1. The van der Waals surface area contributed by atoms with Gasteiger partial charge in [-0.05, 0) is 43.2 Å². The molecule has 2 heteroatoms. The molecule has 0 unspecified atom stereocenters. The minimum Gasteiger partial charge on any atom is -0.374 e. The van der Waals surface area contributed by atoms with Gasteiger partial charge in [-0.25, -0.2) is 0 Å². The van der Waals surface area contributed by atoms with Crippen molar-refractivity contribution < 1.29 is 4.74 Å². The van der Waals surface area contributed by atoms with E-state index in [1.807, 2.05) is 18.2 Å².